The summed E-state index contributed by atoms with van der Waals surface area (Å²) >= 11 is 0. The highest BCUT2D eigenvalue weighted by Gasteiger charge is 2.16. The summed E-state index contributed by atoms with van der Waals surface area (Å²) in [4.78, 5) is 16.4. The van der Waals surface area contributed by atoms with E-state index in [1.807, 2.05) is 0 Å². The quantitative estimate of drug-likeness (QED) is 0.609. The van der Waals surface area contributed by atoms with Crippen molar-refractivity contribution >= 4 is 11.8 Å². The van der Waals surface area contributed by atoms with Crippen molar-refractivity contribution in [2.75, 3.05) is 31.2 Å². The summed E-state index contributed by atoms with van der Waals surface area (Å²) in [5.41, 5.74) is 0.0596. The fraction of sp³-hybridized carbons (Fsp3) is 0.400. The van der Waals surface area contributed by atoms with E-state index in [1.165, 1.54) is 23.2 Å². The van der Waals surface area contributed by atoms with E-state index in [-0.39, 0.29) is 37.7 Å². The van der Waals surface area contributed by atoms with Crippen LogP contribution >= 0.6 is 0 Å². The number of anilines is 1. The third-order valence-electron chi connectivity index (χ3n) is 2.06. The Kier molecular flexibility index (Phi) is 4.68. The first-order chi connectivity index (χ1) is 7.70. The lowest BCUT2D eigenvalue weighted by Crippen LogP contribution is -2.31. The molecule has 0 saturated carbocycles. The lowest BCUT2D eigenvalue weighted by molar-refractivity contribution is 0.0697. The van der Waals surface area contributed by atoms with Crippen LogP contribution in [0.15, 0.2) is 18.3 Å². The molecule has 0 saturated heterocycles. The summed E-state index contributed by atoms with van der Waals surface area (Å²) in [6.07, 6.45) is 1.48. The van der Waals surface area contributed by atoms with Crippen LogP contribution in [0.2, 0.25) is 0 Å². The van der Waals surface area contributed by atoms with Gasteiger partial charge >= 0.3 is 5.97 Å². The van der Waals surface area contributed by atoms with Crippen molar-refractivity contribution in [2.45, 2.75) is 0 Å². The monoisotopic (exact) mass is 226 g/mol. The van der Waals surface area contributed by atoms with Crippen LogP contribution in [0, 0.1) is 0 Å². The SMILES string of the molecule is O=C(O)c1cccnc1N(CCO)CCO. The number of aliphatic hydroxyl groups excluding tert-OH is 2. The molecule has 6 nitrogen and oxygen atoms in total. The first-order valence-corrected chi connectivity index (χ1v) is 4.85. The topological polar surface area (TPSA) is 93.9 Å². The van der Waals surface area contributed by atoms with Gasteiger partial charge in [-0.05, 0) is 12.1 Å². The normalized spacial score (nSPS) is 10.1. The number of hydrogen-bond acceptors (Lipinski definition) is 5. The molecule has 0 aromatic carbocycles. The molecular formula is C10H14N2O4. The highest BCUT2D eigenvalue weighted by atomic mass is 16.4. The van der Waals surface area contributed by atoms with E-state index >= 15 is 0 Å². The van der Waals surface area contributed by atoms with Crippen molar-refractivity contribution in [3.05, 3.63) is 23.9 Å². The molecule has 1 aromatic heterocycles. The number of rotatable bonds is 6. The number of pyridine rings is 1. The Morgan fingerprint density at radius 3 is 2.44 bits per heavy atom. The largest absolute Gasteiger partial charge is 0.478 e. The molecule has 0 unspecified atom stereocenters. The number of carbonyl (C=O) groups is 1. The third kappa shape index (κ3) is 2.91. The molecule has 1 aromatic rings. The van der Waals surface area contributed by atoms with E-state index in [9.17, 15) is 4.79 Å². The summed E-state index contributed by atoms with van der Waals surface area (Å²) in [7, 11) is 0. The summed E-state index contributed by atoms with van der Waals surface area (Å²) in [6.45, 7) is 0.209. The molecule has 16 heavy (non-hydrogen) atoms. The van der Waals surface area contributed by atoms with Crippen molar-refractivity contribution in [1.82, 2.24) is 4.98 Å². The highest BCUT2D eigenvalue weighted by molar-refractivity contribution is 5.93. The minimum Gasteiger partial charge on any atom is -0.478 e. The molecular weight excluding hydrogens is 212 g/mol. The van der Waals surface area contributed by atoms with Crippen LogP contribution in [-0.4, -0.2) is 52.6 Å². The standard InChI is InChI=1S/C10H14N2O4/c13-6-4-12(5-7-14)9-8(10(15)16)2-1-3-11-9/h1-3,13-14H,4-7H2,(H,15,16). The van der Waals surface area contributed by atoms with Gasteiger partial charge in [-0.25, -0.2) is 9.78 Å². The minimum atomic E-state index is -1.08. The van der Waals surface area contributed by atoms with E-state index in [4.69, 9.17) is 15.3 Å². The number of hydrogen-bond donors (Lipinski definition) is 3. The summed E-state index contributed by atoms with van der Waals surface area (Å²) < 4.78 is 0. The van der Waals surface area contributed by atoms with Crippen LogP contribution in [-0.2, 0) is 0 Å². The van der Waals surface area contributed by atoms with Gasteiger partial charge in [0, 0.05) is 19.3 Å². The van der Waals surface area contributed by atoms with Gasteiger partial charge in [0.1, 0.15) is 11.4 Å². The molecule has 88 valence electrons. The summed E-state index contributed by atoms with van der Waals surface area (Å²) in [6, 6.07) is 2.97. The van der Waals surface area contributed by atoms with Crippen LogP contribution in [0.1, 0.15) is 10.4 Å². The fourth-order valence-electron chi connectivity index (χ4n) is 1.38. The van der Waals surface area contributed by atoms with Crippen LogP contribution in [0.25, 0.3) is 0 Å². The zero-order chi connectivity index (χ0) is 12.0. The molecule has 0 spiro atoms. The predicted molar refractivity (Wildman–Crippen MR) is 57.6 cm³/mol. The van der Waals surface area contributed by atoms with Gasteiger partial charge in [-0.1, -0.05) is 0 Å². The van der Waals surface area contributed by atoms with Gasteiger partial charge in [0.15, 0.2) is 0 Å². The Bertz CT molecular complexity index is 350. The average Bonchev–Trinajstić information content (AvgIpc) is 2.29. The molecule has 0 aliphatic rings. The lowest BCUT2D eigenvalue weighted by Gasteiger charge is -2.22. The molecule has 1 heterocycles. The van der Waals surface area contributed by atoms with Crippen molar-refractivity contribution in [3.63, 3.8) is 0 Å². The molecule has 1 rings (SSSR count). The Hall–Kier alpha value is -1.66. The van der Waals surface area contributed by atoms with E-state index in [2.05, 4.69) is 4.98 Å². The second-order valence-corrected chi connectivity index (χ2v) is 3.11. The average molecular weight is 226 g/mol. The Balaban J connectivity index is 3.02. The molecule has 0 atom stereocenters. The predicted octanol–water partition coefficient (Wildman–Crippen LogP) is -0.429. The first-order valence-electron chi connectivity index (χ1n) is 4.85. The van der Waals surface area contributed by atoms with Gasteiger partial charge in [-0.15, -0.1) is 0 Å². The molecule has 0 amide bonds. The van der Waals surface area contributed by atoms with Crippen LogP contribution in [0.4, 0.5) is 5.82 Å². The van der Waals surface area contributed by atoms with Crippen LogP contribution < -0.4 is 4.90 Å². The number of nitrogens with zero attached hydrogens (tertiary/aromatic N) is 2. The van der Waals surface area contributed by atoms with Crippen LogP contribution in [0.5, 0.6) is 0 Å². The number of carboxylic acid groups (broad SMARTS) is 1. The lowest BCUT2D eigenvalue weighted by atomic mass is 10.2. The molecule has 3 N–H and O–H groups in total. The van der Waals surface area contributed by atoms with Gasteiger partial charge < -0.3 is 20.2 Å². The molecule has 0 radical (unpaired) electrons. The molecule has 0 aliphatic heterocycles. The van der Waals surface area contributed by atoms with Crippen LogP contribution in [0.3, 0.4) is 0 Å². The molecule has 6 heteroatoms. The molecule has 0 fully saturated rings. The number of aliphatic hydroxyl groups is 2. The Labute approximate surface area is 92.8 Å². The van der Waals surface area contributed by atoms with Crippen molar-refractivity contribution < 1.29 is 20.1 Å². The van der Waals surface area contributed by atoms with Gasteiger partial charge in [0.25, 0.3) is 0 Å². The maximum Gasteiger partial charge on any atom is 0.339 e. The Morgan fingerprint density at radius 1 is 1.31 bits per heavy atom. The summed E-state index contributed by atoms with van der Waals surface area (Å²) in [5.74, 6) is -0.818. The van der Waals surface area contributed by atoms with Gasteiger partial charge in [0.05, 0.1) is 13.2 Å². The number of carboxylic acids is 1. The van der Waals surface area contributed by atoms with E-state index in [0.717, 1.165) is 0 Å². The molecule has 0 bridgehead atoms. The smallest absolute Gasteiger partial charge is 0.339 e. The van der Waals surface area contributed by atoms with Crippen molar-refractivity contribution in [2.24, 2.45) is 0 Å². The summed E-state index contributed by atoms with van der Waals surface area (Å²) in [5, 5.41) is 26.7. The van der Waals surface area contributed by atoms with E-state index in [0.29, 0.717) is 0 Å². The zero-order valence-electron chi connectivity index (χ0n) is 8.70. The third-order valence-corrected chi connectivity index (χ3v) is 2.06. The fourth-order valence-corrected chi connectivity index (χ4v) is 1.38. The highest BCUT2D eigenvalue weighted by Crippen LogP contribution is 2.16. The Morgan fingerprint density at radius 2 is 1.94 bits per heavy atom. The molecule has 0 aliphatic carbocycles. The van der Waals surface area contributed by atoms with Crippen molar-refractivity contribution in [1.29, 1.82) is 0 Å². The second kappa shape index (κ2) is 6.04. The van der Waals surface area contributed by atoms with E-state index < -0.39 is 5.97 Å². The van der Waals surface area contributed by atoms with Gasteiger partial charge in [-0.3, -0.25) is 0 Å². The minimum absolute atomic E-state index is 0.0596. The second-order valence-electron chi connectivity index (χ2n) is 3.11. The van der Waals surface area contributed by atoms with Crippen molar-refractivity contribution in [3.8, 4) is 0 Å². The first kappa shape index (κ1) is 12.4. The maximum absolute atomic E-state index is 10.9. The van der Waals surface area contributed by atoms with E-state index in [1.54, 1.807) is 0 Å². The zero-order valence-corrected chi connectivity index (χ0v) is 8.70. The van der Waals surface area contributed by atoms with Gasteiger partial charge in [0.2, 0.25) is 0 Å². The maximum atomic E-state index is 10.9. The number of aromatic carboxylic acids is 1. The van der Waals surface area contributed by atoms with Gasteiger partial charge in [-0.2, -0.15) is 0 Å². The number of aromatic nitrogens is 1.